The highest BCUT2D eigenvalue weighted by molar-refractivity contribution is 7.90. The number of aromatic nitrogens is 2. The molecule has 10 aliphatic rings. The number of benzene rings is 2. The Hall–Kier alpha value is -5.24. The molecule has 2 aromatic heterocycles. The van der Waals surface area contributed by atoms with Crippen molar-refractivity contribution in [3.8, 4) is 11.5 Å². The van der Waals surface area contributed by atoms with Gasteiger partial charge in [-0.3, -0.25) is 9.59 Å². The number of aliphatic hydroxyl groups is 2. The first kappa shape index (κ1) is 54.0. The minimum Gasteiger partial charge on any atom is -0.490 e. The van der Waals surface area contributed by atoms with Crippen molar-refractivity contribution < 1.29 is 46.1 Å². The quantitative estimate of drug-likeness (QED) is 0.0980. The molecule has 16 nitrogen and oxygen atoms in total. The number of aryl methyl sites for hydroxylation is 2. The number of nitrogens with zero attached hydrogens (tertiary/aromatic N) is 4. The van der Waals surface area contributed by atoms with Gasteiger partial charge in [0.25, 0.3) is 11.8 Å². The second-order valence-corrected chi connectivity index (χ2v) is 29.0. The largest absolute Gasteiger partial charge is 0.490 e. The molecule has 2 spiro atoms. The predicted octanol–water partition coefficient (Wildman–Crippen LogP) is 7.72. The highest BCUT2D eigenvalue weighted by atomic mass is 35.5. The first-order valence-electron chi connectivity index (χ1n) is 28.6. The number of amides is 2. The summed E-state index contributed by atoms with van der Waals surface area (Å²) < 4.78 is 68.8. The molecule has 424 valence electrons. The maximum Gasteiger partial charge on any atom is 0.264 e. The smallest absolute Gasteiger partial charge is 0.264 e. The number of sulfonamides is 2. The number of hydrogen-bond acceptors (Lipinski definition) is 14. The van der Waals surface area contributed by atoms with Crippen LogP contribution in [0.3, 0.4) is 0 Å². The highest BCUT2D eigenvalue weighted by Crippen LogP contribution is 2.50. The number of nitrogens with one attached hydrogen (secondary N) is 2. The van der Waals surface area contributed by atoms with E-state index in [9.17, 15) is 36.6 Å². The zero-order valence-corrected chi connectivity index (χ0v) is 47.7. The normalized spacial score (nSPS) is 35.1. The summed E-state index contributed by atoms with van der Waals surface area (Å²) in [5.41, 5.74) is 5.83. The first-order chi connectivity index (χ1) is 38.4. The standard InChI is InChI=1S/2C30H34ClN3O5S/c2*31-28-10-7-23-24(32-28)2-1-11-30(23)16-34-14-20-3-6-22(20)26(35)8-4-18-12-21(18)15-40(37,38)33-29(36)19-5-9-27(39-17-30)25(34)13-19/h2*4-5,7-10,13,18,20-22,26,35H,1-3,6,11-12,14-17H2,(H,33,36)/b2*8-4+/t18-,20+,21+,22-,26+,30+;18-,20-,21+,22+,26-,30-/m10/s1. The third kappa shape index (κ3) is 10.7. The van der Waals surface area contributed by atoms with Gasteiger partial charge in [0.05, 0.1) is 48.3 Å². The molecular formula is C60H68Cl2N6O10S2. The van der Waals surface area contributed by atoms with Crippen molar-refractivity contribution in [2.45, 2.75) is 100 Å². The predicted molar refractivity (Wildman–Crippen MR) is 304 cm³/mol. The molecule has 6 heterocycles. The lowest BCUT2D eigenvalue weighted by atomic mass is 9.69. The van der Waals surface area contributed by atoms with Crippen molar-refractivity contribution in [1.29, 1.82) is 0 Å². The van der Waals surface area contributed by atoms with Crippen molar-refractivity contribution in [3.63, 3.8) is 0 Å². The Morgan fingerprint density at radius 1 is 0.575 bits per heavy atom. The number of carbonyl (C=O) groups excluding carboxylic acids is 2. The molecule has 4 bridgehead atoms. The summed E-state index contributed by atoms with van der Waals surface area (Å²) in [6.07, 6.45) is 17.5. The zero-order chi connectivity index (χ0) is 55.3. The van der Waals surface area contributed by atoms with E-state index in [1.807, 2.05) is 36.4 Å². The van der Waals surface area contributed by atoms with E-state index in [4.69, 9.17) is 32.7 Å². The average molecular weight is 1170 g/mol. The third-order valence-electron chi connectivity index (χ3n) is 19.4. The fraction of sp³-hybridized carbons (Fsp3) is 0.533. The van der Waals surface area contributed by atoms with E-state index in [-0.39, 0.29) is 80.8 Å². The topological polar surface area (TPSA) is 218 Å². The van der Waals surface area contributed by atoms with Gasteiger partial charge in [-0.1, -0.05) is 59.6 Å². The van der Waals surface area contributed by atoms with E-state index in [0.29, 0.717) is 61.2 Å². The zero-order valence-electron chi connectivity index (χ0n) is 44.5. The Kier molecular flexibility index (Phi) is 14.1. The number of pyridine rings is 2. The van der Waals surface area contributed by atoms with Crippen LogP contribution in [0.4, 0.5) is 11.4 Å². The van der Waals surface area contributed by atoms with Gasteiger partial charge < -0.3 is 29.5 Å². The van der Waals surface area contributed by atoms with Crippen LogP contribution in [0.5, 0.6) is 11.5 Å². The van der Waals surface area contributed by atoms with Crippen molar-refractivity contribution in [2.24, 2.45) is 47.3 Å². The van der Waals surface area contributed by atoms with Gasteiger partial charge in [-0.05, 0) is 184 Å². The highest BCUT2D eigenvalue weighted by Gasteiger charge is 2.48. The summed E-state index contributed by atoms with van der Waals surface area (Å²) >= 11 is 12.5. The van der Waals surface area contributed by atoms with Crippen molar-refractivity contribution in [1.82, 2.24) is 19.4 Å². The van der Waals surface area contributed by atoms with Crippen molar-refractivity contribution in [3.05, 3.63) is 129 Å². The fourth-order valence-electron chi connectivity index (χ4n) is 14.5. The van der Waals surface area contributed by atoms with E-state index in [0.717, 1.165) is 111 Å². The summed E-state index contributed by atoms with van der Waals surface area (Å²) in [6.45, 7) is 3.68. The lowest BCUT2D eigenvalue weighted by Gasteiger charge is -2.45. The number of carbonyl (C=O) groups is 2. The second kappa shape index (κ2) is 20.9. The molecule has 2 amide bonds. The number of ether oxygens (including phenoxy) is 2. The fourth-order valence-corrected chi connectivity index (χ4v) is 17.7. The van der Waals surface area contributed by atoms with E-state index in [2.05, 4.69) is 41.3 Å². The van der Waals surface area contributed by atoms with Crippen LogP contribution < -0.4 is 28.7 Å². The van der Waals surface area contributed by atoms with Gasteiger partial charge in [0, 0.05) is 59.5 Å². The summed E-state index contributed by atoms with van der Waals surface area (Å²) in [6, 6.07) is 18.2. The number of anilines is 2. The molecule has 0 saturated heterocycles. The van der Waals surface area contributed by atoms with Crippen LogP contribution in [0.15, 0.2) is 85.0 Å². The van der Waals surface area contributed by atoms with Crippen molar-refractivity contribution in [2.75, 3.05) is 60.7 Å². The van der Waals surface area contributed by atoms with Crippen LogP contribution in [0.1, 0.15) is 107 Å². The molecule has 0 unspecified atom stereocenters. The van der Waals surface area contributed by atoms with E-state index < -0.39 is 44.1 Å². The molecule has 14 rings (SSSR count). The minimum absolute atomic E-state index is 0.0336. The molecular weight excluding hydrogens is 1100 g/mol. The number of halogens is 2. The molecule has 4 aromatic rings. The molecule has 2 aromatic carbocycles. The monoisotopic (exact) mass is 1170 g/mol. The number of rotatable bonds is 0. The lowest BCUT2D eigenvalue weighted by Crippen LogP contribution is -2.49. The molecule has 0 radical (unpaired) electrons. The van der Waals surface area contributed by atoms with Gasteiger partial charge in [0.1, 0.15) is 21.8 Å². The first-order valence-corrected chi connectivity index (χ1v) is 32.6. The Bertz CT molecular complexity index is 3220. The summed E-state index contributed by atoms with van der Waals surface area (Å²) in [4.78, 5) is 40.2. The van der Waals surface area contributed by atoms with E-state index in [1.54, 1.807) is 36.4 Å². The van der Waals surface area contributed by atoms with Crippen LogP contribution in [0.2, 0.25) is 10.3 Å². The second-order valence-electron chi connectivity index (χ2n) is 24.7. The molecule has 20 heteroatoms. The number of allylic oxidation sites excluding steroid dienone is 2. The summed E-state index contributed by atoms with van der Waals surface area (Å²) in [7, 11) is -7.59. The average Bonchev–Trinajstić information content (AvgIpc) is 4.35. The number of fused-ring (bicyclic) bond motifs is 10. The Balaban J connectivity index is 0.000000151. The van der Waals surface area contributed by atoms with Gasteiger partial charge in [0.15, 0.2) is 0 Å². The molecule has 4 fully saturated rings. The molecule has 6 aliphatic carbocycles. The van der Waals surface area contributed by atoms with Gasteiger partial charge in [-0.25, -0.2) is 36.2 Å². The molecule has 12 atom stereocenters. The van der Waals surface area contributed by atoms with Gasteiger partial charge >= 0.3 is 0 Å². The Morgan fingerprint density at radius 2 is 1.01 bits per heavy atom. The molecule has 4 saturated carbocycles. The minimum atomic E-state index is -3.80. The van der Waals surface area contributed by atoms with Crippen molar-refractivity contribution >= 4 is 66.4 Å². The molecule has 4 aliphatic heterocycles. The lowest BCUT2D eigenvalue weighted by molar-refractivity contribution is 0.0454. The van der Waals surface area contributed by atoms with Gasteiger partial charge in [-0.2, -0.15) is 0 Å². The van der Waals surface area contributed by atoms with Gasteiger partial charge in [-0.15, -0.1) is 0 Å². The molecule has 80 heavy (non-hydrogen) atoms. The Labute approximate surface area is 477 Å². The maximum absolute atomic E-state index is 13.2. The molecule has 4 N–H and O–H groups in total. The van der Waals surface area contributed by atoms with Gasteiger partial charge in [0.2, 0.25) is 20.0 Å². The Morgan fingerprint density at radius 3 is 1.43 bits per heavy atom. The third-order valence-corrected chi connectivity index (χ3v) is 22.6. The maximum atomic E-state index is 13.2. The number of aliphatic hydroxyl groups excluding tert-OH is 2. The summed E-state index contributed by atoms with van der Waals surface area (Å²) in [5, 5.41) is 23.1. The van der Waals surface area contributed by atoms with Crippen LogP contribution in [-0.2, 0) is 43.7 Å². The van der Waals surface area contributed by atoms with E-state index in [1.165, 1.54) is 0 Å². The summed E-state index contributed by atoms with van der Waals surface area (Å²) in [5.74, 6) is 0.912. The van der Waals surface area contributed by atoms with Crippen LogP contribution in [0.25, 0.3) is 0 Å². The SMILES string of the molecule is O=C1NS(=O)(=O)C[C@@H]2C[C@H]2/C=C/[C@H](O)[C@@H]2CC[C@H]2CN2C[C@@]3(CCCc4nc(Cl)ccc43)COc3ccc1cc32.O=C1NS(=O)(=O)C[C@H]2C[C@@H]2/C=C/[C@H](O)[C@@H]2CC[C@H]2CN2C[C@@]3(CCCc4nc(Cl)ccc43)COc3ccc1cc32. The van der Waals surface area contributed by atoms with Crippen LogP contribution in [-0.4, -0.2) is 112 Å². The van der Waals surface area contributed by atoms with E-state index >= 15 is 0 Å². The van der Waals surface area contributed by atoms with Crippen LogP contribution >= 0.6 is 23.2 Å². The number of hydrogen-bond donors (Lipinski definition) is 4. The van der Waals surface area contributed by atoms with Crippen LogP contribution in [0, 0.1) is 47.3 Å².